The largest absolute Gasteiger partial charge is 0.508 e. The van der Waals surface area contributed by atoms with Crippen molar-refractivity contribution in [2.24, 2.45) is 0 Å². The van der Waals surface area contributed by atoms with Crippen molar-refractivity contribution in [2.75, 3.05) is 31.6 Å². The Kier molecular flexibility index (Phi) is 5.68. The molecule has 2 aromatic carbocycles. The van der Waals surface area contributed by atoms with Crippen LogP contribution >= 0.6 is 0 Å². The van der Waals surface area contributed by atoms with E-state index in [-0.39, 0.29) is 18.3 Å². The molecule has 0 radical (unpaired) electrons. The Morgan fingerprint density at radius 2 is 1.84 bits per heavy atom. The molecule has 0 bridgehead atoms. The quantitative estimate of drug-likeness (QED) is 0.608. The minimum Gasteiger partial charge on any atom is -0.508 e. The maximum Gasteiger partial charge on any atom is 0.254 e. The van der Waals surface area contributed by atoms with Crippen LogP contribution in [0.1, 0.15) is 26.7 Å². The third-order valence-corrected chi connectivity index (χ3v) is 5.44. The van der Waals surface area contributed by atoms with Gasteiger partial charge in [0.25, 0.3) is 5.79 Å². The number of hydrogen-bond acceptors (Lipinski definition) is 7. The van der Waals surface area contributed by atoms with E-state index in [0.29, 0.717) is 43.9 Å². The van der Waals surface area contributed by atoms with Gasteiger partial charge in [0.05, 0.1) is 5.69 Å². The van der Waals surface area contributed by atoms with Crippen LogP contribution in [0.2, 0.25) is 0 Å². The van der Waals surface area contributed by atoms with E-state index < -0.39 is 11.4 Å². The first-order valence-corrected chi connectivity index (χ1v) is 10.4. The molecule has 4 rings (SSSR count). The molecule has 0 aromatic heterocycles. The van der Waals surface area contributed by atoms with E-state index >= 15 is 0 Å². The number of ether oxygens (including phenoxy) is 3. The lowest BCUT2D eigenvalue weighted by atomic mass is 10.0. The Labute approximate surface area is 181 Å². The van der Waals surface area contributed by atoms with Gasteiger partial charge in [-0.1, -0.05) is 12.1 Å². The summed E-state index contributed by atoms with van der Waals surface area (Å²) in [4.78, 5) is 13.5. The zero-order valence-corrected chi connectivity index (χ0v) is 17.8. The number of β-amino-alcohol motifs (C(OH)–C–C–N with tert-alkyl or cyclic N) is 1. The summed E-state index contributed by atoms with van der Waals surface area (Å²) in [5.41, 5.74) is -0.694. The highest BCUT2D eigenvalue weighted by Gasteiger charge is 2.44. The number of rotatable bonds is 6. The third kappa shape index (κ3) is 5.03. The van der Waals surface area contributed by atoms with Gasteiger partial charge in [-0.25, -0.2) is 0 Å². The van der Waals surface area contributed by atoms with E-state index in [2.05, 4.69) is 10.2 Å². The number of para-hydroxylation sites is 2. The van der Waals surface area contributed by atoms with Gasteiger partial charge in [0, 0.05) is 45.5 Å². The molecule has 1 fully saturated rings. The van der Waals surface area contributed by atoms with E-state index in [1.165, 1.54) is 19.1 Å². The fraction of sp³-hybridized carbons (Fsp3) is 0.435. The molecule has 2 aliphatic rings. The second-order valence-corrected chi connectivity index (χ2v) is 8.48. The van der Waals surface area contributed by atoms with Crippen molar-refractivity contribution in [2.45, 2.75) is 38.1 Å². The van der Waals surface area contributed by atoms with Gasteiger partial charge in [-0.15, -0.1) is 0 Å². The molecule has 1 saturated heterocycles. The van der Waals surface area contributed by atoms with Crippen LogP contribution in [0.25, 0.3) is 0 Å². The van der Waals surface area contributed by atoms with Gasteiger partial charge in [-0.3, -0.25) is 9.69 Å². The number of benzene rings is 2. The number of fused-ring (bicyclic) bond motifs is 1. The lowest BCUT2D eigenvalue weighted by Crippen LogP contribution is -2.53. The zero-order chi connectivity index (χ0) is 22.1. The van der Waals surface area contributed by atoms with Crippen molar-refractivity contribution in [1.82, 2.24) is 4.90 Å². The van der Waals surface area contributed by atoms with E-state index in [9.17, 15) is 15.0 Å². The summed E-state index contributed by atoms with van der Waals surface area (Å²) >= 11 is 0. The van der Waals surface area contributed by atoms with E-state index in [4.69, 9.17) is 14.2 Å². The lowest BCUT2D eigenvalue weighted by Gasteiger charge is -2.39. The molecule has 8 nitrogen and oxygen atoms in total. The van der Waals surface area contributed by atoms with Crippen LogP contribution in [0.3, 0.4) is 0 Å². The molecule has 1 amide bonds. The maximum absolute atomic E-state index is 11.4. The Morgan fingerprint density at radius 1 is 1.19 bits per heavy atom. The highest BCUT2D eigenvalue weighted by Crippen LogP contribution is 2.43. The van der Waals surface area contributed by atoms with Crippen molar-refractivity contribution in [3.8, 4) is 23.0 Å². The number of carbonyl (C=O) groups excluding carboxylic acids is 1. The number of nitrogens with one attached hydrogen (secondary N) is 1. The Bertz CT molecular complexity index is 926. The van der Waals surface area contributed by atoms with Crippen LogP contribution in [-0.2, 0) is 4.79 Å². The van der Waals surface area contributed by atoms with Gasteiger partial charge >= 0.3 is 0 Å². The molecule has 3 N–H and O–H groups in total. The number of phenolic OH excluding ortho intramolecular Hbond substituents is 1. The van der Waals surface area contributed by atoms with Gasteiger partial charge < -0.3 is 29.7 Å². The number of likely N-dealkylation sites (tertiary alicyclic amines) is 1. The number of carbonyl (C=O) groups is 1. The van der Waals surface area contributed by atoms with E-state index in [1.807, 2.05) is 24.3 Å². The molecule has 31 heavy (non-hydrogen) atoms. The molecule has 2 aliphatic heterocycles. The van der Waals surface area contributed by atoms with Gasteiger partial charge in [0.1, 0.15) is 23.7 Å². The molecule has 2 aromatic rings. The predicted molar refractivity (Wildman–Crippen MR) is 115 cm³/mol. The second kappa shape index (κ2) is 8.28. The molecule has 1 atom stereocenters. The number of aromatic hydroxyl groups is 1. The minimum atomic E-state index is -1.14. The average Bonchev–Trinajstić information content (AvgIpc) is 3.07. The number of amides is 1. The fourth-order valence-electron chi connectivity index (χ4n) is 3.98. The van der Waals surface area contributed by atoms with Crippen LogP contribution in [-0.4, -0.2) is 58.6 Å². The summed E-state index contributed by atoms with van der Waals surface area (Å²) in [6, 6.07) is 12.1. The predicted octanol–water partition coefficient (Wildman–Crippen LogP) is 2.74. The molecule has 1 spiro atoms. The maximum atomic E-state index is 11.4. The molecular weight excluding hydrogens is 400 g/mol. The highest BCUT2D eigenvalue weighted by molar-refractivity contribution is 5.90. The third-order valence-electron chi connectivity index (χ3n) is 5.44. The van der Waals surface area contributed by atoms with Crippen molar-refractivity contribution < 1.29 is 29.2 Å². The first-order valence-electron chi connectivity index (χ1n) is 10.4. The Morgan fingerprint density at radius 3 is 2.45 bits per heavy atom. The molecule has 166 valence electrons. The van der Waals surface area contributed by atoms with Gasteiger partial charge in [0.15, 0.2) is 11.5 Å². The van der Waals surface area contributed by atoms with Crippen molar-refractivity contribution >= 4 is 11.6 Å². The van der Waals surface area contributed by atoms with Crippen LogP contribution in [0.4, 0.5) is 5.69 Å². The van der Waals surface area contributed by atoms with E-state index in [1.54, 1.807) is 13.0 Å². The first-order chi connectivity index (χ1) is 14.7. The average molecular weight is 428 g/mol. The molecular formula is C23H28N2O6. The normalized spacial score (nSPS) is 19.1. The van der Waals surface area contributed by atoms with Crippen LogP contribution in [0.5, 0.6) is 23.0 Å². The lowest BCUT2D eigenvalue weighted by molar-refractivity contribution is -0.127. The zero-order valence-electron chi connectivity index (χ0n) is 17.8. The minimum absolute atomic E-state index is 0.00310. The molecule has 0 aliphatic carbocycles. The van der Waals surface area contributed by atoms with Gasteiger partial charge in [0.2, 0.25) is 5.91 Å². The van der Waals surface area contributed by atoms with Crippen molar-refractivity contribution in [1.29, 1.82) is 0 Å². The number of anilines is 1. The Hall–Kier alpha value is -2.97. The molecule has 0 saturated carbocycles. The fourth-order valence-corrected chi connectivity index (χ4v) is 3.98. The van der Waals surface area contributed by atoms with Crippen molar-refractivity contribution in [3.05, 3.63) is 42.5 Å². The topological polar surface area (TPSA) is 100 Å². The van der Waals surface area contributed by atoms with Gasteiger partial charge in [-0.05, 0) is 31.2 Å². The first kappa shape index (κ1) is 21.3. The summed E-state index contributed by atoms with van der Waals surface area (Å²) in [5.74, 6) is 0.997. The van der Waals surface area contributed by atoms with Crippen LogP contribution in [0.15, 0.2) is 42.5 Å². The summed E-state index contributed by atoms with van der Waals surface area (Å²) < 4.78 is 17.9. The summed E-state index contributed by atoms with van der Waals surface area (Å²) in [7, 11) is 0. The molecule has 2 heterocycles. The number of phenols is 1. The highest BCUT2D eigenvalue weighted by atomic mass is 16.7. The number of aliphatic hydroxyl groups is 1. The second-order valence-electron chi connectivity index (χ2n) is 8.48. The number of hydrogen-bond donors (Lipinski definition) is 3. The van der Waals surface area contributed by atoms with Crippen molar-refractivity contribution in [3.63, 3.8) is 0 Å². The van der Waals surface area contributed by atoms with Crippen LogP contribution in [0, 0.1) is 0 Å². The monoisotopic (exact) mass is 428 g/mol. The summed E-state index contributed by atoms with van der Waals surface area (Å²) in [5, 5.41) is 23.3. The number of nitrogens with zero attached hydrogens (tertiary/aromatic N) is 1. The molecule has 0 unspecified atom stereocenters. The van der Waals surface area contributed by atoms with Crippen LogP contribution < -0.4 is 19.5 Å². The van der Waals surface area contributed by atoms with E-state index in [0.717, 1.165) is 11.5 Å². The van der Waals surface area contributed by atoms with Gasteiger partial charge in [-0.2, -0.15) is 0 Å². The summed E-state index contributed by atoms with van der Waals surface area (Å²) in [6.07, 6.45) is 1.38. The Balaban J connectivity index is 1.31. The SMILES string of the molecule is CC(=O)Nc1ccc(O)cc1OC[C@](C)(O)CN1CCC2(CC1)Oc1ccccc1O2. The number of piperidine rings is 1. The standard InChI is InChI=1S/C23H28N2O6/c1-16(26)24-18-8-7-17(27)13-21(18)29-15-22(2,28)14-25-11-9-23(10-12-25)30-19-5-3-4-6-20(19)31-23/h3-8,13,27-28H,9-12,14-15H2,1-2H3,(H,24,26)/t22-/m1/s1. The molecule has 8 heteroatoms. The summed E-state index contributed by atoms with van der Waals surface area (Å²) in [6.45, 7) is 4.94. The smallest absolute Gasteiger partial charge is 0.254 e.